The highest BCUT2D eigenvalue weighted by Gasteiger charge is 2.24. The summed E-state index contributed by atoms with van der Waals surface area (Å²) >= 11 is 0. The minimum atomic E-state index is -5.29. The summed E-state index contributed by atoms with van der Waals surface area (Å²) in [6.45, 7) is 0. The van der Waals surface area contributed by atoms with Gasteiger partial charge in [0.2, 0.25) is 0 Å². The molecule has 1 aliphatic rings. The van der Waals surface area contributed by atoms with Gasteiger partial charge in [0.15, 0.2) is 0 Å². The molecule has 0 saturated carbocycles. The van der Waals surface area contributed by atoms with Gasteiger partial charge in [-0.1, -0.05) is 0 Å². The first kappa shape index (κ1) is 54.8. The molecule has 0 amide bonds. The Balaban J connectivity index is 0.00000110. The first-order valence-electron chi connectivity index (χ1n) is 16.6. The van der Waals surface area contributed by atoms with Crippen LogP contribution in [0.25, 0.3) is 0 Å². The number of guanidine groups is 4. The van der Waals surface area contributed by atoms with E-state index in [1.165, 1.54) is 0 Å². The largest absolute Gasteiger partial charge is 0.744 e. The second-order valence-corrected chi connectivity index (χ2v) is 18.4. The van der Waals surface area contributed by atoms with E-state index in [4.69, 9.17) is 0 Å². The van der Waals surface area contributed by atoms with Gasteiger partial charge in [0.05, 0.1) is 19.6 Å². The molecule has 0 atom stereocenters. The second kappa shape index (κ2) is 21.3. The molecule has 28 nitrogen and oxygen atoms in total. The van der Waals surface area contributed by atoms with Gasteiger partial charge < -0.3 is 38.6 Å². The van der Waals surface area contributed by atoms with Crippen LogP contribution in [-0.2, 0) is 66.2 Å². The number of phenols is 4. The van der Waals surface area contributed by atoms with E-state index in [2.05, 4.69) is 67.5 Å². The van der Waals surface area contributed by atoms with Crippen molar-refractivity contribution in [3.05, 3.63) is 93.0 Å². The third kappa shape index (κ3) is 16.9. The first-order valence-corrected chi connectivity index (χ1v) is 22.3. The van der Waals surface area contributed by atoms with Crippen LogP contribution in [0.3, 0.4) is 0 Å². The molecule has 8 bridgehead atoms. The van der Waals surface area contributed by atoms with Crippen LogP contribution in [0.2, 0.25) is 0 Å². The van der Waals surface area contributed by atoms with Crippen molar-refractivity contribution in [2.75, 3.05) is 0 Å². The summed E-state index contributed by atoms with van der Waals surface area (Å²) in [4.78, 5) is -3.79. The van der Waals surface area contributed by atoms with Crippen LogP contribution in [0.15, 0.2) is 68.1 Å². The Kier molecular flexibility index (Phi) is 18.2. The molecule has 0 unspecified atom stereocenters. The number of nitrogens with two attached hydrogens (primary N) is 12. The lowest BCUT2D eigenvalue weighted by Gasteiger charge is -2.21. The van der Waals surface area contributed by atoms with Gasteiger partial charge in [-0.3, -0.25) is 67.5 Å². The molecule has 64 heavy (non-hydrogen) atoms. The highest BCUT2D eigenvalue weighted by atomic mass is 32.2. The predicted molar refractivity (Wildman–Crippen MR) is 217 cm³/mol. The number of fused-ring (bicyclic) bond motifs is 8. The topological polar surface area (TPSA) is 620 Å². The van der Waals surface area contributed by atoms with Gasteiger partial charge in [-0.2, -0.15) is 0 Å². The number of hydrogen-bond donors (Lipinski definition) is 16. The van der Waals surface area contributed by atoms with Gasteiger partial charge in [0.25, 0.3) is 0 Å². The maximum Gasteiger partial charge on any atom is 0.336 e. The second-order valence-electron chi connectivity index (χ2n) is 12.9. The normalized spacial score (nSPS) is 12.1. The van der Waals surface area contributed by atoms with Gasteiger partial charge in [-0.25, -0.2) is 33.7 Å². The number of phenolic OH excluding ortho intramolecular Hbond substituents is 4. The summed E-state index contributed by atoms with van der Waals surface area (Å²) in [6.07, 6.45) is -3.04. The van der Waals surface area contributed by atoms with E-state index in [-0.39, 0.29) is 23.8 Å². The quantitative estimate of drug-likeness (QED) is 0.0452. The Labute approximate surface area is 364 Å². The Morgan fingerprint density at radius 1 is 0.344 bits per heavy atom. The fourth-order valence-corrected chi connectivity index (χ4v) is 7.68. The molecule has 5 rings (SSSR count). The van der Waals surface area contributed by atoms with Crippen molar-refractivity contribution in [2.45, 2.75) is 45.3 Å². The molecule has 0 aromatic heterocycles. The van der Waals surface area contributed by atoms with Crippen LogP contribution in [-0.4, -0.2) is 96.1 Å². The molecular formula is C32H44N12O16S4. The number of hydrogen-bond acceptors (Lipinski definition) is 16. The van der Waals surface area contributed by atoms with E-state index in [9.17, 15) is 72.3 Å². The minimum Gasteiger partial charge on any atom is -0.744 e. The standard InChI is InChI=1S/C28H24O16S4.4CH5N3/c29-25-13-1-14-6-22(46(36,37)38)8-16(26(14)30)3-18-10-24(48(42,43)44)12-20(28(18)32)4-19-11-23(47(39,40)41)9-17(27(19)31)2-15(25)7-21(5-13)45(33,34)35;4*2-1(3)4/h5-12,29-32H,1-4H2,(H,33,34,35)(H,36,37,38)(H,39,40,41)(H,42,43,44);4*(H5,2,3,4). The molecule has 0 spiro atoms. The van der Waals surface area contributed by atoms with Gasteiger partial charge in [-0.15, -0.1) is 0 Å². The predicted octanol–water partition coefficient (Wildman–Crippen LogP) is -11.1. The molecule has 4 aromatic rings. The van der Waals surface area contributed by atoms with Gasteiger partial charge in [0.1, 0.15) is 63.5 Å². The molecule has 0 fully saturated rings. The van der Waals surface area contributed by atoms with Crippen molar-refractivity contribution in [3.63, 3.8) is 0 Å². The number of aromatic hydroxyl groups is 4. The third-order valence-electron chi connectivity index (χ3n) is 7.64. The van der Waals surface area contributed by atoms with Gasteiger partial charge in [-0.05, 0) is 93.0 Å². The van der Waals surface area contributed by atoms with Crippen LogP contribution in [0.5, 0.6) is 23.0 Å². The van der Waals surface area contributed by atoms with Crippen molar-refractivity contribution in [1.29, 1.82) is 0 Å². The summed E-state index contributed by atoms with van der Waals surface area (Å²) in [5, 5.41) is 63.0. The van der Waals surface area contributed by atoms with Crippen molar-refractivity contribution in [1.82, 2.24) is 0 Å². The summed E-state index contributed by atoms with van der Waals surface area (Å²) in [5.74, 6) is -3.41. The van der Waals surface area contributed by atoms with Crippen molar-refractivity contribution in [3.8, 4) is 23.0 Å². The molecule has 32 heteroatoms. The van der Waals surface area contributed by atoms with Crippen LogP contribution < -0.4 is 67.5 Å². The van der Waals surface area contributed by atoms with Crippen molar-refractivity contribution < 1.29 is 93.9 Å². The molecule has 0 radical (unpaired) electrons. The highest BCUT2D eigenvalue weighted by molar-refractivity contribution is 7.86. The zero-order valence-corrected chi connectivity index (χ0v) is 36.0. The third-order valence-corrected chi connectivity index (χ3v) is 10.9. The monoisotopic (exact) mass is 980 g/mol. The van der Waals surface area contributed by atoms with E-state index < -0.39 is 153 Å². The number of rotatable bonds is 4. The fraction of sp³-hybridized carbons (Fsp3) is 0.125. The Morgan fingerprint density at radius 2 is 0.438 bits per heavy atom. The van der Waals surface area contributed by atoms with Crippen LogP contribution >= 0.6 is 0 Å². The average Bonchev–Trinajstić information content (AvgIpc) is 3.08. The van der Waals surface area contributed by atoms with E-state index in [0.29, 0.717) is 48.5 Å². The molecule has 1 aliphatic carbocycles. The maximum atomic E-state index is 12.1. The molecule has 0 heterocycles. The Hall–Kier alpha value is -7.20. The molecular weight excluding hydrogens is 937 g/mol. The van der Waals surface area contributed by atoms with E-state index in [1.807, 2.05) is 0 Å². The molecule has 4 aromatic carbocycles. The van der Waals surface area contributed by atoms with Gasteiger partial charge in [0, 0.05) is 25.7 Å². The smallest absolute Gasteiger partial charge is 0.336 e. The Morgan fingerprint density at radius 3 is 0.516 bits per heavy atom. The minimum absolute atomic E-state index is 0.0833. The summed E-state index contributed by atoms with van der Waals surface area (Å²) in [6, 6.07) is 5.49. The lowest BCUT2D eigenvalue weighted by molar-refractivity contribution is -0.117. The highest BCUT2D eigenvalue weighted by Crippen LogP contribution is 2.40. The zero-order valence-electron chi connectivity index (χ0n) is 32.7. The van der Waals surface area contributed by atoms with E-state index in [1.54, 1.807) is 0 Å². The summed E-state index contributed by atoms with van der Waals surface area (Å²) in [5.41, 5.74) is 33.2. The SMILES string of the molecule is NC(N)=[NH2+].NC(N)=[NH2+].NC(N)=[NH2+].NC(N)=[NH2+].O=S(=O)([O-])c1cc2c(O)c(c1)Cc1cc(S(=O)(=O)[O-])cc(c1O)Cc1cc(S(=O)(=O)[O-])cc(c1O)Cc1cc(S(=O)(=O)[O-])cc(c1O)C2. The number of benzene rings is 4. The Bertz CT molecular complexity index is 2440. The van der Waals surface area contributed by atoms with E-state index in [0.717, 1.165) is 0 Å². The van der Waals surface area contributed by atoms with Crippen LogP contribution in [0.4, 0.5) is 0 Å². The van der Waals surface area contributed by atoms with Crippen LogP contribution in [0.1, 0.15) is 44.5 Å². The van der Waals surface area contributed by atoms with E-state index >= 15 is 0 Å². The maximum absolute atomic E-state index is 12.1. The summed E-state index contributed by atoms with van der Waals surface area (Å²) in [7, 11) is -21.1. The first-order chi connectivity index (χ1) is 28.9. The fourth-order valence-electron chi connectivity index (χ4n) is 5.39. The van der Waals surface area contributed by atoms with Crippen molar-refractivity contribution in [2.24, 2.45) is 45.9 Å². The van der Waals surface area contributed by atoms with Gasteiger partial charge >= 0.3 is 23.8 Å². The lowest BCUT2D eigenvalue weighted by atomic mass is 9.91. The summed E-state index contributed by atoms with van der Waals surface area (Å²) < 4.78 is 145. The zero-order chi connectivity index (χ0) is 50.0. The lowest BCUT2D eigenvalue weighted by Crippen LogP contribution is -2.51. The average molecular weight is 981 g/mol. The molecule has 28 N–H and O–H groups in total. The molecule has 0 saturated heterocycles. The molecule has 0 aliphatic heterocycles. The van der Waals surface area contributed by atoms with Crippen LogP contribution in [0, 0.1) is 0 Å². The molecule has 352 valence electrons. The van der Waals surface area contributed by atoms with Crippen molar-refractivity contribution >= 4 is 64.3 Å².